The summed E-state index contributed by atoms with van der Waals surface area (Å²) >= 11 is 0. The molecule has 4 aliphatic heterocycles. The van der Waals surface area contributed by atoms with Crippen LogP contribution in [0.2, 0.25) is 0 Å². The van der Waals surface area contributed by atoms with Gasteiger partial charge in [0.15, 0.2) is 0 Å². The van der Waals surface area contributed by atoms with Gasteiger partial charge in [0, 0.05) is 18.4 Å². The summed E-state index contributed by atoms with van der Waals surface area (Å²) in [4.78, 5) is 43.5. The molecule has 3 saturated heterocycles. The highest BCUT2D eigenvalue weighted by Crippen LogP contribution is 2.52. The Labute approximate surface area is 174 Å². The molecule has 4 aliphatic rings. The maximum absolute atomic E-state index is 13.8. The van der Waals surface area contributed by atoms with Gasteiger partial charge < -0.3 is 10.2 Å². The van der Waals surface area contributed by atoms with Crippen molar-refractivity contribution in [2.24, 2.45) is 11.8 Å². The van der Waals surface area contributed by atoms with E-state index in [1.807, 2.05) is 36.4 Å². The normalized spacial score (nSPS) is 33.8. The molecule has 0 aliphatic carbocycles. The summed E-state index contributed by atoms with van der Waals surface area (Å²) in [6.45, 7) is 2.88. The van der Waals surface area contributed by atoms with Gasteiger partial charge in [0.05, 0.1) is 17.9 Å². The Morgan fingerprint density at radius 2 is 1.87 bits per heavy atom. The molecule has 3 fully saturated rings. The number of hydrogen-bond donors (Lipinski definition) is 2. The van der Waals surface area contributed by atoms with E-state index in [4.69, 9.17) is 0 Å². The van der Waals surface area contributed by atoms with Crippen LogP contribution in [-0.4, -0.2) is 30.3 Å². The van der Waals surface area contributed by atoms with Crippen molar-refractivity contribution in [3.63, 3.8) is 0 Å². The summed E-state index contributed by atoms with van der Waals surface area (Å²) < 4.78 is 0. The molecule has 3 amide bonds. The van der Waals surface area contributed by atoms with Crippen LogP contribution in [0.1, 0.15) is 30.9 Å². The quantitative estimate of drug-likeness (QED) is 0.743. The summed E-state index contributed by atoms with van der Waals surface area (Å²) in [7, 11) is 0. The number of carbonyl (C=O) groups is 3. The number of benzene rings is 2. The maximum Gasteiger partial charge on any atom is 0.291 e. The number of hydrogen-bond acceptors (Lipinski definition) is 3. The largest absolute Gasteiger partial charge is 0.320 e. The minimum Gasteiger partial charge on any atom is -0.320 e. The number of para-hydroxylation sites is 2. The number of aryl methyl sites for hydroxylation is 1. The van der Waals surface area contributed by atoms with E-state index in [0.717, 1.165) is 47.5 Å². The lowest BCUT2D eigenvalue weighted by Gasteiger charge is -2.33. The molecular weight excluding hydrogens is 378 g/mol. The minimum atomic E-state index is -1.01. The number of carbonyl (C=O) groups excluding carboxylic acids is 3. The molecule has 4 heterocycles. The second-order valence-corrected chi connectivity index (χ2v) is 8.83. The third-order valence-electron chi connectivity index (χ3n) is 7.73. The Bertz CT molecular complexity index is 1100. The Kier molecular flexibility index (Phi) is 3.58. The van der Waals surface area contributed by atoms with Crippen LogP contribution in [-0.2, 0) is 26.3 Å². The van der Waals surface area contributed by atoms with Crippen LogP contribution in [0.5, 0.6) is 0 Å². The second kappa shape index (κ2) is 6.01. The Hall–Kier alpha value is -2.99. The summed E-state index contributed by atoms with van der Waals surface area (Å²) in [5.74, 6) is -1.60. The van der Waals surface area contributed by atoms with Gasteiger partial charge in [-0.25, -0.2) is 4.90 Å². The molecule has 152 valence electrons. The topological polar surface area (TPSA) is 70.9 Å². The van der Waals surface area contributed by atoms with Crippen molar-refractivity contribution >= 4 is 29.1 Å². The molecule has 6 heteroatoms. The minimum absolute atomic E-state index is 0.00199. The fourth-order valence-electron chi connectivity index (χ4n) is 6.67. The smallest absolute Gasteiger partial charge is 0.291 e. The molecule has 1 unspecified atom stereocenters. The zero-order chi connectivity index (χ0) is 20.6. The lowest BCUT2D eigenvalue weighted by atomic mass is 9.75. The monoisotopic (exact) mass is 402 g/mol. The zero-order valence-corrected chi connectivity index (χ0v) is 16.9. The van der Waals surface area contributed by atoms with Crippen LogP contribution in [0.25, 0.3) is 0 Å². The van der Waals surface area contributed by atoms with Gasteiger partial charge in [-0.3, -0.25) is 14.4 Å². The number of amides is 3. The summed E-state index contributed by atoms with van der Waals surface area (Å²) in [6, 6.07) is 15.1. The molecular formula is C24H24N3O3+. The van der Waals surface area contributed by atoms with E-state index < -0.39 is 17.4 Å². The average molecular weight is 402 g/mol. The highest BCUT2D eigenvalue weighted by molar-refractivity contribution is 6.25. The number of imide groups is 1. The van der Waals surface area contributed by atoms with Crippen molar-refractivity contribution < 1.29 is 19.3 Å². The van der Waals surface area contributed by atoms with Crippen LogP contribution >= 0.6 is 0 Å². The third-order valence-corrected chi connectivity index (χ3v) is 7.73. The molecule has 30 heavy (non-hydrogen) atoms. The van der Waals surface area contributed by atoms with E-state index in [0.29, 0.717) is 5.69 Å². The molecule has 1 spiro atoms. The van der Waals surface area contributed by atoms with Gasteiger partial charge in [0.25, 0.3) is 5.91 Å². The van der Waals surface area contributed by atoms with E-state index in [9.17, 15) is 14.4 Å². The van der Waals surface area contributed by atoms with Crippen LogP contribution in [0.4, 0.5) is 11.4 Å². The second-order valence-electron chi connectivity index (χ2n) is 8.83. The van der Waals surface area contributed by atoms with Gasteiger partial charge in [-0.05, 0) is 24.1 Å². The zero-order valence-electron chi connectivity index (χ0n) is 16.9. The molecule has 6 rings (SSSR count). The fraction of sp³-hybridized carbons (Fsp3) is 0.375. The molecule has 0 saturated carbocycles. The van der Waals surface area contributed by atoms with E-state index in [2.05, 4.69) is 12.2 Å². The van der Waals surface area contributed by atoms with Gasteiger partial charge in [0.2, 0.25) is 17.4 Å². The molecule has 2 N–H and O–H groups in total. The molecule has 6 nitrogen and oxygen atoms in total. The summed E-state index contributed by atoms with van der Waals surface area (Å²) in [5, 5.41) is 3.12. The van der Waals surface area contributed by atoms with E-state index >= 15 is 0 Å². The molecule has 5 atom stereocenters. The highest BCUT2D eigenvalue weighted by Gasteiger charge is 2.78. The third kappa shape index (κ3) is 1.90. The molecule has 0 bridgehead atoms. The van der Waals surface area contributed by atoms with E-state index in [-0.39, 0.29) is 23.8 Å². The van der Waals surface area contributed by atoms with Gasteiger partial charge >= 0.3 is 0 Å². The first-order valence-corrected chi connectivity index (χ1v) is 10.8. The van der Waals surface area contributed by atoms with Gasteiger partial charge in [0.1, 0.15) is 17.9 Å². The summed E-state index contributed by atoms with van der Waals surface area (Å²) in [5.41, 5.74) is 2.41. The van der Waals surface area contributed by atoms with Crippen LogP contribution in [0.3, 0.4) is 0 Å². The number of rotatable bonds is 2. The first kappa shape index (κ1) is 17.8. The number of quaternary nitrogens is 1. The van der Waals surface area contributed by atoms with Crippen molar-refractivity contribution in [1.82, 2.24) is 0 Å². The number of fused-ring (bicyclic) bond motifs is 7. The first-order chi connectivity index (χ1) is 14.6. The van der Waals surface area contributed by atoms with Crippen LogP contribution in [0, 0.1) is 11.8 Å². The average Bonchev–Trinajstić information content (AvgIpc) is 3.46. The van der Waals surface area contributed by atoms with Crippen molar-refractivity contribution in [3.05, 3.63) is 59.7 Å². The van der Waals surface area contributed by atoms with Gasteiger partial charge in [-0.2, -0.15) is 0 Å². The Balaban J connectivity index is 1.58. The van der Waals surface area contributed by atoms with Gasteiger partial charge in [-0.1, -0.05) is 43.3 Å². The Morgan fingerprint density at radius 3 is 2.63 bits per heavy atom. The van der Waals surface area contributed by atoms with Crippen LogP contribution in [0.15, 0.2) is 48.5 Å². The highest BCUT2D eigenvalue weighted by atomic mass is 16.2. The molecule has 0 aromatic heterocycles. The predicted octanol–water partition coefficient (Wildman–Crippen LogP) is 1.26. The van der Waals surface area contributed by atoms with Crippen molar-refractivity contribution in [2.75, 3.05) is 16.8 Å². The SMILES string of the molecule is CCc1cccc2c1NC(=O)[C@@]21[C@@H]2C(=O)N(c3ccccc3)C(=O)[C@@H]2[C@@H]2CCC[NH+]21. The number of anilines is 2. The van der Waals surface area contributed by atoms with Crippen molar-refractivity contribution in [3.8, 4) is 0 Å². The Morgan fingerprint density at radius 1 is 1.07 bits per heavy atom. The molecule has 0 radical (unpaired) electrons. The van der Waals surface area contributed by atoms with Gasteiger partial charge in [-0.15, -0.1) is 0 Å². The van der Waals surface area contributed by atoms with E-state index in [1.54, 1.807) is 12.1 Å². The lowest BCUT2D eigenvalue weighted by Crippen LogP contribution is -3.19. The number of nitrogens with one attached hydrogen (secondary N) is 2. The van der Waals surface area contributed by atoms with Crippen LogP contribution < -0.4 is 15.1 Å². The first-order valence-electron chi connectivity index (χ1n) is 10.8. The molecule has 2 aromatic rings. The standard InChI is InChI=1S/C24H23N3O3/c1-2-14-8-6-11-16-20(14)25-23(30)24(16)19-18(17-12-7-13-26(17)24)21(28)27(22(19)29)15-9-4-3-5-10-15/h3-6,8-11,17-19H,2,7,12-13H2,1H3,(H,25,30)/p+1/t17-,18+,19-,24-/m0/s1. The predicted molar refractivity (Wildman–Crippen MR) is 111 cm³/mol. The fourth-order valence-corrected chi connectivity index (χ4v) is 6.67. The number of nitrogens with zero attached hydrogens (tertiary/aromatic N) is 1. The summed E-state index contributed by atoms with van der Waals surface area (Å²) in [6.07, 6.45) is 2.64. The van der Waals surface area contributed by atoms with E-state index in [1.165, 1.54) is 4.90 Å². The maximum atomic E-state index is 13.8. The van der Waals surface area contributed by atoms with Crippen molar-refractivity contribution in [1.29, 1.82) is 0 Å². The molecule has 2 aromatic carbocycles. The van der Waals surface area contributed by atoms with Crippen molar-refractivity contribution in [2.45, 2.75) is 37.8 Å². The lowest BCUT2D eigenvalue weighted by molar-refractivity contribution is -0.948.